The minimum Gasteiger partial charge on any atom is -0.465 e. The Bertz CT molecular complexity index is 4760. The van der Waals surface area contributed by atoms with Crippen LogP contribution in [0.5, 0.6) is 0 Å². The van der Waals surface area contributed by atoms with Gasteiger partial charge in [-0.25, -0.2) is 15.0 Å². The van der Waals surface area contributed by atoms with Crippen LogP contribution in [0, 0.1) is 5.92 Å². The zero-order valence-electron chi connectivity index (χ0n) is 73.2. The Kier molecular flexibility index (Phi) is 44.5. The van der Waals surface area contributed by atoms with Crippen molar-refractivity contribution in [2.75, 3.05) is 12.4 Å². The molecule has 118 heavy (non-hydrogen) atoms. The summed E-state index contributed by atoms with van der Waals surface area (Å²) in [7, 11) is 0. The highest BCUT2D eigenvalue weighted by atomic mass is 79.9. The molecule has 0 saturated heterocycles. The summed E-state index contributed by atoms with van der Waals surface area (Å²) in [5, 5.41) is 3.37. The molecule has 0 aliphatic rings. The quantitative estimate of drug-likeness (QED) is 0.0558. The number of hydrogen-bond acceptors (Lipinski definition) is 12. The molecule has 0 radical (unpaired) electrons. The van der Waals surface area contributed by atoms with Crippen LogP contribution in [0.1, 0.15) is 220 Å². The fourth-order valence-electron chi connectivity index (χ4n) is 11.6. The summed E-state index contributed by atoms with van der Waals surface area (Å²) >= 11 is 24.4. The van der Waals surface area contributed by atoms with Crippen molar-refractivity contribution in [2.45, 2.75) is 247 Å². The highest BCUT2D eigenvalue weighted by Gasteiger charge is 2.22. The molecule has 0 saturated carbocycles. The van der Waals surface area contributed by atoms with E-state index in [1.165, 1.54) is 118 Å². The summed E-state index contributed by atoms with van der Waals surface area (Å²) in [4.78, 5) is 28.9. The third kappa shape index (κ3) is 36.5. The number of carbonyl (C=O) groups excluding carboxylic acids is 1. The van der Waals surface area contributed by atoms with Crippen LogP contribution in [-0.2, 0) is 56.0 Å². The van der Waals surface area contributed by atoms with E-state index in [2.05, 4.69) is 410 Å². The van der Waals surface area contributed by atoms with Crippen molar-refractivity contribution in [1.82, 2.24) is 15.0 Å². The van der Waals surface area contributed by atoms with Crippen molar-refractivity contribution >= 4 is 151 Å². The highest BCUT2D eigenvalue weighted by molar-refractivity contribution is 9.11. The molecule has 17 heteroatoms. The number of rotatable bonds is 21. The molecule has 1 atom stereocenters. The lowest BCUT2D eigenvalue weighted by atomic mass is 9.85. The number of hydrogen-bond donors (Lipinski definition) is 1. The second-order valence-electron chi connectivity index (χ2n) is 33.4. The molecule has 3 aromatic heterocycles. The maximum absolute atomic E-state index is 12.2. The van der Waals surface area contributed by atoms with Gasteiger partial charge < -0.3 is 10.5 Å². The van der Waals surface area contributed by atoms with Gasteiger partial charge in [0, 0.05) is 40.4 Å². The molecule has 0 aliphatic heterocycles. The second-order valence-corrected chi connectivity index (χ2v) is 44.7. The summed E-state index contributed by atoms with van der Waals surface area (Å²) in [6.07, 6.45) is 12.9. The summed E-state index contributed by atoms with van der Waals surface area (Å²) in [5.41, 5.74) is 23.1. The third-order valence-corrected chi connectivity index (χ3v) is 26.9. The molecule has 632 valence electrons. The minimum atomic E-state index is -0.0762. The van der Waals surface area contributed by atoms with Crippen molar-refractivity contribution in [3.63, 3.8) is 0 Å². The van der Waals surface area contributed by atoms with E-state index >= 15 is 0 Å². The maximum Gasteiger partial charge on any atom is 0.306 e. The van der Waals surface area contributed by atoms with Crippen molar-refractivity contribution in [3.05, 3.63) is 291 Å². The lowest BCUT2D eigenvalue weighted by molar-refractivity contribution is -0.144. The number of aryl methyl sites for hydroxylation is 2. The average Bonchev–Trinajstić information content (AvgIpc) is 1.04. The van der Waals surface area contributed by atoms with E-state index in [1.807, 2.05) is 56.3 Å². The molecule has 12 aromatic rings. The molecule has 0 amide bonds. The van der Waals surface area contributed by atoms with Crippen LogP contribution in [0.15, 0.2) is 271 Å². The first-order chi connectivity index (χ1) is 55.4. The van der Waals surface area contributed by atoms with Gasteiger partial charge >= 0.3 is 5.97 Å². The molecular formula is C101H125Br4ClN4O2S6. The van der Waals surface area contributed by atoms with Gasteiger partial charge in [-0.2, -0.15) is 0 Å². The lowest BCUT2D eigenvalue weighted by Crippen LogP contribution is -2.14. The fraction of sp³-hybridized carbons (Fsp3) is 0.366. The van der Waals surface area contributed by atoms with Crippen LogP contribution in [0.2, 0.25) is 0 Å². The highest BCUT2D eigenvalue weighted by Crippen LogP contribution is 2.42. The third-order valence-electron chi connectivity index (χ3n) is 18.6. The van der Waals surface area contributed by atoms with Crippen molar-refractivity contribution in [1.29, 1.82) is 0 Å². The molecule has 3 heterocycles. The molecule has 0 fully saturated rings. The predicted molar refractivity (Wildman–Crippen MR) is 538 cm³/mol. The van der Waals surface area contributed by atoms with E-state index in [9.17, 15) is 4.79 Å². The number of esters is 1. The van der Waals surface area contributed by atoms with Crippen LogP contribution < -0.4 is 5.73 Å². The first-order valence-corrected chi connectivity index (χ1v) is 49.0. The van der Waals surface area contributed by atoms with Gasteiger partial charge in [-0.05, 0) is 207 Å². The van der Waals surface area contributed by atoms with Crippen molar-refractivity contribution in [3.8, 4) is 44.5 Å². The fourth-order valence-corrected chi connectivity index (χ4v) is 19.5. The van der Waals surface area contributed by atoms with E-state index in [1.54, 1.807) is 57.5 Å². The molecular weight excluding hydrogens is 1850 g/mol. The molecule has 9 aromatic carbocycles. The van der Waals surface area contributed by atoms with Crippen LogP contribution in [0.3, 0.4) is 0 Å². The molecule has 12 rings (SSSR count). The number of thioether (sulfide) groups is 1. The Morgan fingerprint density at radius 3 is 1.08 bits per heavy atom. The molecule has 0 spiro atoms. The molecule has 6 nitrogen and oxygen atoms in total. The van der Waals surface area contributed by atoms with Gasteiger partial charge in [-0.1, -0.05) is 382 Å². The van der Waals surface area contributed by atoms with E-state index in [0.717, 1.165) is 53.6 Å². The SMILES string of the molecule is CC.CC(C)(C)c1cc(Br)cc(-c2ccccc2)c1.CC(C)(C)c1cc(Br)cc(Br)c1.CC(C)(C)c1cc(Sc2cnc(CN)s2)cc(-c2ccccc2)c1.CCCCC(CC)COC(=O)CCSc1cc(-c2ccccc2)cc(C(C)(C)C)c1.CCc1ncc(Br)s1.CCc1ncc(Sc2cc(-c3ccccc3)cc(C(C)(C)C)c2)s1.Cl. The second kappa shape index (κ2) is 51.0. The Hall–Kier alpha value is -5.44. The van der Waals surface area contributed by atoms with E-state index in [0.29, 0.717) is 25.5 Å². The zero-order valence-corrected chi connectivity index (χ0v) is 85.3. The normalized spacial score (nSPS) is 11.5. The van der Waals surface area contributed by atoms with Crippen LogP contribution in [-0.4, -0.2) is 33.3 Å². The number of nitrogens with zero attached hydrogens (tertiary/aromatic N) is 3. The monoisotopic (exact) mass is 1970 g/mol. The molecule has 0 aliphatic carbocycles. The topological polar surface area (TPSA) is 91.0 Å². The standard InChI is InChI=1S/C27H38O2S.C21H23NS2.C20H22N2S2.C16H17Br.C10H12Br2.C5H6BrNS.C2H6.ClH/c1-6-8-12-21(7-2)20-29-26(28)15-16-30-25-18-23(22-13-10-9-11-14-22)17-24(19-25)27(3,4)5;1-5-19-22-14-20(24-19)23-18-12-16(15-9-7-6-8-10-15)11-17(13-18)21(2,3)4;1-20(2,3)16-9-15(14-7-5-4-6-8-14)10-17(11-16)23-19-13-22-18(12-21)24-19;1-16(2,3)14-9-13(10-15(17)11-14)12-7-5-4-6-8-12;1-10(2,3)7-4-8(11)6-9(12)5-7;1-2-5-7-3-4(6)8-5;1-2;/h9-11,13-14,17-19,21H,6-8,12,15-16,20H2,1-5H3;6-14H,5H2,1-4H3;4-11,13H,12,21H2,1-3H3;4-11H,1-3H3;4-6H,1-3H3;3H,2H2,1H3;1-2H3;1H. The maximum atomic E-state index is 12.2. The lowest BCUT2D eigenvalue weighted by Gasteiger charge is -2.21. The number of unbranched alkanes of at least 4 members (excludes halogenated alkanes) is 1. The number of carbonyl (C=O) groups is 1. The largest absolute Gasteiger partial charge is 0.465 e. The Morgan fingerprint density at radius 2 is 0.746 bits per heavy atom. The van der Waals surface area contributed by atoms with Gasteiger partial charge in [0.25, 0.3) is 0 Å². The summed E-state index contributed by atoms with van der Waals surface area (Å²) < 4.78 is 12.5. The molecule has 2 N–H and O–H groups in total. The van der Waals surface area contributed by atoms with Gasteiger partial charge in [0.1, 0.15) is 5.01 Å². The number of benzene rings is 9. The molecule has 0 bridgehead atoms. The number of ether oxygens (including phenoxy) is 1. The first kappa shape index (κ1) is 103. The van der Waals surface area contributed by atoms with Gasteiger partial charge in [0.15, 0.2) is 0 Å². The van der Waals surface area contributed by atoms with Gasteiger partial charge in [-0.3, -0.25) is 4.79 Å². The summed E-state index contributed by atoms with van der Waals surface area (Å²) in [6, 6.07) is 75.8. The van der Waals surface area contributed by atoms with Crippen LogP contribution in [0.25, 0.3) is 44.5 Å². The number of halogens is 5. The minimum absolute atomic E-state index is 0. The number of aromatic nitrogens is 3. The van der Waals surface area contributed by atoms with Crippen LogP contribution in [0.4, 0.5) is 0 Å². The predicted octanol–water partition coefficient (Wildman–Crippen LogP) is 34.3. The van der Waals surface area contributed by atoms with E-state index in [4.69, 9.17) is 10.5 Å². The Morgan fingerprint density at radius 1 is 0.415 bits per heavy atom. The Balaban J connectivity index is 0.000000260. The van der Waals surface area contributed by atoms with Crippen molar-refractivity contribution < 1.29 is 9.53 Å². The number of thiazole rings is 3. The van der Waals surface area contributed by atoms with Gasteiger partial charge in [0.2, 0.25) is 0 Å². The number of nitrogens with two attached hydrogens (primary N) is 1. The average molecular weight is 1970 g/mol. The zero-order chi connectivity index (χ0) is 86.1. The van der Waals surface area contributed by atoms with E-state index in [-0.39, 0.29) is 45.5 Å². The Labute approximate surface area is 774 Å². The van der Waals surface area contributed by atoms with Gasteiger partial charge in [-0.15, -0.1) is 58.2 Å². The molecule has 1 unspecified atom stereocenters. The van der Waals surface area contributed by atoms with Gasteiger partial charge in [0.05, 0.1) is 53.8 Å². The van der Waals surface area contributed by atoms with Crippen LogP contribution >= 0.6 is 145 Å². The smallest absolute Gasteiger partial charge is 0.306 e. The van der Waals surface area contributed by atoms with E-state index < -0.39 is 0 Å². The first-order valence-electron chi connectivity index (χ1n) is 40.7. The summed E-state index contributed by atoms with van der Waals surface area (Å²) in [6.45, 7) is 47.4. The summed E-state index contributed by atoms with van der Waals surface area (Å²) in [5.74, 6) is 1.16. The van der Waals surface area contributed by atoms with Crippen molar-refractivity contribution in [2.24, 2.45) is 11.7 Å².